The summed E-state index contributed by atoms with van der Waals surface area (Å²) in [6.07, 6.45) is 5.29. The van der Waals surface area contributed by atoms with Crippen LogP contribution in [0.2, 0.25) is 0 Å². The Bertz CT molecular complexity index is 768. The number of aryl methyl sites for hydroxylation is 1. The maximum Gasteiger partial charge on any atom is 0.257 e. The number of nitrogens with two attached hydrogens (primary N) is 1. The van der Waals surface area contributed by atoms with Crippen LogP contribution >= 0.6 is 0 Å². The fourth-order valence-electron chi connectivity index (χ4n) is 3.08. The first-order chi connectivity index (χ1) is 12.1. The van der Waals surface area contributed by atoms with Crippen molar-refractivity contribution in [3.63, 3.8) is 0 Å². The second-order valence-corrected chi connectivity index (χ2v) is 6.68. The molecule has 2 aromatic rings. The molecule has 2 N–H and O–H groups in total. The number of ether oxygens (including phenoxy) is 1. The molecule has 0 bridgehead atoms. The number of morpholine rings is 1. The fourth-order valence-corrected chi connectivity index (χ4v) is 3.08. The summed E-state index contributed by atoms with van der Waals surface area (Å²) in [4.78, 5) is 27.7. The van der Waals surface area contributed by atoms with Gasteiger partial charge in [-0.3, -0.25) is 9.78 Å². The highest BCUT2D eigenvalue weighted by Crippen LogP contribution is 2.37. The molecule has 1 saturated heterocycles. The fraction of sp³-hybridized carbons (Fsp3) is 0.444. The number of hydrogen-bond acceptors (Lipinski definition) is 6. The molecule has 25 heavy (non-hydrogen) atoms. The predicted octanol–water partition coefficient (Wildman–Crippen LogP) is 1.85. The normalized spacial score (nSPS) is 20.5. The number of nitrogen functional groups attached to an aromatic ring is 1. The number of amides is 1. The van der Waals surface area contributed by atoms with E-state index in [4.69, 9.17) is 10.5 Å². The van der Waals surface area contributed by atoms with Gasteiger partial charge in [-0.05, 0) is 31.9 Å². The molecule has 2 aromatic heterocycles. The maximum atomic E-state index is 12.8. The van der Waals surface area contributed by atoms with E-state index in [-0.39, 0.29) is 12.0 Å². The summed E-state index contributed by atoms with van der Waals surface area (Å²) >= 11 is 0. The SMILES string of the molecule is Cc1cc(N)cc([C@H]2CN(C(=O)c3cnc(C4CC4)nc3)CCO2)n1. The molecule has 3 heterocycles. The highest BCUT2D eigenvalue weighted by Gasteiger charge is 2.29. The van der Waals surface area contributed by atoms with Crippen LogP contribution in [0.15, 0.2) is 24.5 Å². The van der Waals surface area contributed by atoms with Crippen LogP contribution in [0.5, 0.6) is 0 Å². The lowest BCUT2D eigenvalue weighted by atomic mass is 10.1. The van der Waals surface area contributed by atoms with E-state index >= 15 is 0 Å². The van der Waals surface area contributed by atoms with E-state index in [0.29, 0.717) is 36.9 Å². The number of pyridine rings is 1. The first-order valence-electron chi connectivity index (χ1n) is 8.57. The summed E-state index contributed by atoms with van der Waals surface area (Å²) in [5, 5.41) is 0. The minimum atomic E-state index is -0.272. The largest absolute Gasteiger partial charge is 0.399 e. The standard InChI is InChI=1S/C18H21N5O2/c1-11-6-14(19)7-15(22-11)16-10-23(4-5-25-16)18(24)13-8-20-17(21-9-13)12-2-3-12/h6-9,12,16H,2-5,10H2,1H3,(H2,19,22)/t16-/m1/s1. The number of anilines is 1. The van der Waals surface area contributed by atoms with Crippen molar-refractivity contribution in [2.45, 2.75) is 31.8 Å². The first kappa shape index (κ1) is 16.0. The van der Waals surface area contributed by atoms with Gasteiger partial charge in [-0.15, -0.1) is 0 Å². The van der Waals surface area contributed by atoms with Crippen LogP contribution in [0.25, 0.3) is 0 Å². The van der Waals surface area contributed by atoms with E-state index < -0.39 is 0 Å². The maximum absolute atomic E-state index is 12.8. The summed E-state index contributed by atoms with van der Waals surface area (Å²) in [6.45, 7) is 3.34. The van der Waals surface area contributed by atoms with Crippen LogP contribution < -0.4 is 5.73 Å². The quantitative estimate of drug-likeness (QED) is 0.917. The average Bonchev–Trinajstić information content (AvgIpc) is 3.46. The second-order valence-electron chi connectivity index (χ2n) is 6.68. The Morgan fingerprint density at radius 1 is 1.28 bits per heavy atom. The predicted molar refractivity (Wildman–Crippen MR) is 92.0 cm³/mol. The van der Waals surface area contributed by atoms with Gasteiger partial charge >= 0.3 is 0 Å². The lowest BCUT2D eigenvalue weighted by Crippen LogP contribution is -2.42. The van der Waals surface area contributed by atoms with E-state index in [1.54, 1.807) is 23.4 Å². The van der Waals surface area contributed by atoms with Gasteiger partial charge in [0, 0.05) is 36.2 Å². The lowest BCUT2D eigenvalue weighted by molar-refractivity contribution is -0.0247. The average molecular weight is 339 g/mol. The molecule has 2 fully saturated rings. The Balaban J connectivity index is 1.49. The van der Waals surface area contributed by atoms with E-state index in [1.165, 1.54) is 0 Å². The molecule has 7 heteroatoms. The smallest absolute Gasteiger partial charge is 0.257 e. The van der Waals surface area contributed by atoms with Crippen molar-refractivity contribution in [3.05, 3.63) is 47.3 Å². The summed E-state index contributed by atoms with van der Waals surface area (Å²) < 4.78 is 5.81. The molecular weight excluding hydrogens is 318 g/mol. The first-order valence-corrected chi connectivity index (χ1v) is 8.57. The van der Waals surface area contributed by atoms with Gasteiger partial charge < -0.3 is 15.4 Å². The molecule has 4 rings (SSSR count). The Morgan fingerprint density at radius 3 is 2.72 bits per heavy atom. The van der Waals surface area contributed by atoms with E-state index in [1.807, 2.05) is 13.0 Å². The Morgan fingerprint density at radius 2 is 2.04 bits per heavy atom. The molecule has 0 aromatic carbocycles. The number of hydrogen-bond donors (Lipinski definition) is 1. The van der Waals surface area contributed by atoms with Crippen molar-refractivity contribution >= 4 is 11.6 Å². The van der Waals surface area contributed by atoms with Crippen LogP contribution in [-0.2, 0) is 4.74 Å². The van der Waals surface area contributed by atoms with Crippen molar-refractivity contribution in [1.82, 2.24) is 19.9 Å². The van der Waals surface area contributed by atoms with Gasteiger partial charge in [-0.1, -0.05) is 0 Å². The van der Waals surface area contributed by atoms with Crippen LogP contribution in [0.4, 0.5) is 5.69 Å². The molecule has 1 aliphatic heterocycles. The number of nitrogens with zero attached hydrogens (tertiary/aromatic N) is 4. The second kappa shape index (κ2) is 6.40. The zero-order valence-corrected chi connectivity index (χ0v) is 14.2. The molecule has 7 nitrogen and oxygen atoms in total. The van der Waals surface area contributed by atoms with Gasteiger partial charge in [0.15, 0.2) is 0 Å². The molecule has 1 amide bonds. The van der Waals surface area contributed by atoms with E-state index in [2.05, 4.69) is 15.0 Å². The van der Waals surface area contributed by atoms with Crippen molar-refractivity contribution in [2.75, 3.05) is 25.4 Å². The third-order valence-corrected chi connectivity index (χ3v) is 4.54. The van der Waals surface area contributed by atoms with Gasteiger partial charge in [-0.25, -0.2) is 9.97 Å². The molecule has 1 atom stereocenters. The van der Waals surface area contributed by atoms with Gasteiger partial charge in [0.1, 0.15) is 11.9 Å². The number of aromatic nitrogens is 3. The third kappa shape index (κ3) is 3.46. The Kier molecular flexibility index (Phi) is 4.09. The van der Waals surface area contributed by atoms with E-state index in [0.717, 1.165) is 30.1 Å². The number of rotatable bonds is 3. The summed E-state index contributed by atoms with van der Waals surface area (Å²) in [7, 11) is 0. The summed E-state index contributed by atoms with van der Waals surface area (Å²) in [6, 6.07) is 3.62. The minimum Gasteiger partial charge on any atom is -0.399 e. The van der Waals surface area contributed by atoms with Gasteiger partial charge in [0.2, 0.25) is 0 Å². The zero-order chi connectivity index (χ0) is 17.4. The minimum absolute atomic E-state index is 0.0729. The molecule has 1 aliphatic carbocycles. The van der Waals surface area contributed by atoms with Crippen molar-refractivity contribution in [3.8, 4) is 0 Å². The van der Waals surface area contributed by atoms with Crippen LogP contribution in [-0.4, -0.2) is 45.5 Å². The van der Waals surface area contributed by atoms with Crippen molar-refractivity contribution in [1.29, 1.82) is 0 Å². The molecule has 0 spiro atoms. The molecule has 0 radical (unpaired) electrons. The van der Waals surface area contributed by atoms with Gasteiger partial charge in [-0.2, -0.15) is 0 Å². The van der Waals surface area contributed by atoms with Gasteiger partial charge in [0.25, 0.3) is 5.91 Å². The van der Waals surface area contributed by atoms with Crippen LogP contribution in [0.3, 0.4) is 0 Å². The van der Waals surface area contributed by atoms with E-state index in [9.17, 15) is 4.79 Å². The van der Waals surface area contributed by atoms with Crippen molar-refractivity contribution < 1.29 is 9.53 Å². The lowest BCUT2D eigenvalue weighted by Gasteiger charge is -2.32. The molecular formula is C18H21N5O2. The number of carbonyl (C=O) groups excluding carboxylic acids is 1. The third-order valence-electron chi connectivity index (χ3n) is 4.54. The van der Waals surface area contributed by atoms with Gasteiger partial charge in [0.05, 0.1) is 24.4 Å². The number of carbonyl (C=O) groups is 1. The molecule has 130 valence electrons. The van der Waals surface area contributed by atoms with Crippen LogP contribution in [0.1, 0.15) is 52.4 Å². The van der Waals surface area contributed by atoms with Crippen molar-refractivity contribution in [2.24, 2.45) is 0 Å². The monoisotopic (exact) mass is 339 g/mol. The van der Waals surface area contributed by atoms with Crippen LogP contribution in [0, 0.1) is 6.92 Å². The Hall–Kier alpha value is -2.54. The molecule has 1 saturated carbocycles. The topological polar surface area (TPSA) is 94.2 Å². The Labute approximate surface area is 146 Å². The summed E-state index contributed by atoms with van der Waals surface area (Å²) in [5.74, 6) is 1.25. The molecule has 0 unspecified atom stereocenters. The highest BCUT2D eigenvalue weighted by atomic mass is 16.5. The summed E-state index contributed by atoms with van der Waals surface area (Å²) in [5.41, 5.74) is 8.67. The molecule has 2 aliphatic rings. The zero-order valence-electron chi connectivity index (χ0n) is 14.2. The highest BCUT2D eigenvalue weighted by molar-refractivity contribution is 5.93.